The molecule has 3 atom stereocenters. The number of halogens is 1. The molecule has 0 aliphatic heterocycles. The number of nitrogens with zero attached hydrogens (tertiary/aromatic N) is 3. The predicted octanol–water partition coefficient (Wildman–Crippen LogP) is 4.59. The zero-order valence-corrected chi connectivity index (χ0v) is 16.7. The Morgan fingerprint density at radius 1 is 1.26 bits per heavy atom. The molecule has 2 fully saturated rings. The lowest BCUT2D eigenvalue weighted by molar-refractivity contribution is -0.117. The van der Waals surface area contributed by atoms with Crippen molar-refractivity contribution in [2.24, 2.45) is 11.8 Å². The van der Waals surface area contributed by atoms with Crippen LogP contribution in [-0.2, 0) is 9.53 Å². The summed E-state index contributed by atoms with van der Waals surface area (Å²) in [5, 5.41) is 3.40. The number of nitrogens with one attached hydrogen (secondary N) is 1. The lowest BCUT2D eigenvalue weighted by Crippen LogP contribution is -2.23. The number of rotatable bonds is 6. The Labute approximate surface area is 164 Å². The monoisotopic (exact) mass is 390 g/mol. The number of hydrogen-bond acceptors (Lipinski definition) is 4. The van der Waals surface area contributed by atoms with Gasteiger partial charge in [-0.15, -0.1) is 0 Å². The van der Waals surface area contributed by atoms with Gasteiger partial charge < -0.3 is 4.74 Å². The van der Waals surface area contributed by atoms with Crippen molar-refractivity contribution in [3.63, 3.8) is 0 Å². The molecule has 1 amide bonds. The van der Waals surface area contributed by atoms with Crippen LogP contribution in [0, 0.1) is 11.8 Å². The molecular weight excluding hydrogens is 364 g/mol. The van der Waals surface area contributed by atoms with E-state index in [1.165, 1.54) is 6.42 Å². The SMILES string of the molecule is C[C@@H]1C[C@@H](OCCC(=O)Nc2nc3ccc(Cl)nc3n2C2CCC2)C[C@@H]1C. The average Bonchev–Trinajstić information content (AvgIpc) is 3.07. The molecule has 0 radical (unpaired) electrons. The Kier molecular flexibility index (Phi) is 5.37. The lowest BCUT2D eigenvalue weighted by atomic mass is 9.93. The van der Waals surface area contributed by atoms with Crippen LogP contribution in [0.4, 0.5) is 5.95 Å². The molecule has 2 aromatic heterocycles. The predicted molar refractivity (Wildman–Crippen MR) is 106 cm³/mol. The Bertz CT molecular complexity index is 823. The fourth-order valence-electron chi connectivity index (χ4n) is 4.06. The van der Waals surface area contributed by atoms with Gasteiger partial charge in [0.1, 0.15) is 10.7 Å². The summed E-state index contributed by atoms with van der Waals surface area (Å²) in [4.78, 5) is 21.4. The quantitative estimate of drug-likeness (QED) is 0.732. The number of hydrogen-bond donors (Lipinski definition) is 1. The van der Waals surface area contributed by atoms with Crippen LogP contribution in [0.1, 0.15) is 58.4 Å². The molecule has 4 rings (SSSR count). The van der Waals surface area contributed by atoms with Crippen LogP contribution in [-0.4, -0.2) is 33.2 Å². The van der Waals surface area contributed by atoms with E-state index in [-0.39, 0.29) is 12.0 Å². The van der Waals surface area contributed by atoms with E-state index in [1.807, 2.05) is 10.6 Å². The second-order valence-electron chi connectivity index (χ2n) is 8.08. The largest absolute Gasteiger partial charge is 0.378 e. The Morgan fingerprint density at radius 3 is 2.67 bits per heavy atom. The van der Waals surface area contributed by atoms with Crippen LogP contribution in [0.15, 0.2) is 12.1 Å². The molecule has 0 spiro atoms. The first-order chi connectivity index (χ1) is 13.0. The summed E-state index contributed by atoms with van der Waals surface area (Å²) >= 11 is 6.07. The van der Waals surface area contributed by atoms with Crippen LogP contribution in [0.5, 0.6) is 0 Å². The van der Waals surface area contributed by atoms with Gasteiger partial charge in [0.2, 0.25) is 11.9 Å². The second-order valence-corrected chi connectivity index (χ2v) is 8.47. The number of pyridine rings is 1. The van der Waals surface area contributed by atoms with E-state index in [9.17, 15) is 4.79 Å². The number of fused-ring (bicyclic) bond motifs is 1. The van der Waals surface area contributed by atoms with Gasteiger partial charge in [0.15, 0.2) is 5.65 Å². The van der Waals surface area contributed by atoms with Crippen LogP contribution in [0.25, 0.3) is 11.2 Å². The maximum atomic E-state index is 12.4. The van der Waals surface area contributed by atoms with Crippen molar-refractivity contribution in [2.45, 2.75) is 64.5 Å². The van der Waals surface area contributed by atoms with E-state index in [4.69, 9.17) is 16.3 Å². The van der Waals surface area contributed by atoms with Gasteiger partial charge in [-0.3, -0.25) is 14.7 Å². The average molecular weight is 391 g/mol. The van der Waals surface area contributed by atoms with Gasteiger partial charge >= 0.3 is 0 Å². The lowest BCUT2D eigenvalue weighted by Gasteiger charge is -2.28. The zero-order chi connectivity index (χ0) is 19.0. The third-order valence-corrected chi connectivity index (χ3v) is 6.33. The van der Waals surface area contributed by atoms with E-state index in [0.717, 1.165) is 36.8 Å². The molecule has 7 heteroatoms. The molecule has 2 aromatic rings. The van der Waals surface area contributed by atoms with Crippen LogP contribution >= 0.6 is 11.6 Å². The molecular formula is C20H27ClN4O2. The normalized spacial score (nSPS) is 25.7. The third kappa shape index (κ3) is 3.97. The molecule has 0 unspecified atom stereocenters. The van der Waals surface area contributed by atoms with Gasteiger partial charge in [-0.05, 0) is 56.1 Å². The highest BCUT2D eigenvalue weighted by atomic mass is 35.5. The smallest absolute Gasteiger partial charge is 0.229 e. The number of amides is 1. The fraction of sp³-hybridized carbons (Fsp3) is 0.650. The van der Waals surface area contributed by atoms with Crippen molar-refractivity contribution in [1.82, 2.24) is 14.5 Å². The summed E-state index contributed by atoms with van der Waals surface area (Å²) in [6, 6.07) is 3.90. The van der Waals surface area contributed by atoms with Gasteiger partial charge in [-0.1, -0.05) is 25.4 Å². The molecule has 6 nitrogen and oxygen atoms in total. The molecule has 2 saturated carbocycles. The summed E-state index contributed by atoms with van der Waals surface area (Å²) < 4.78 is 7.95. The minimum atomic E-state index is -0.0731. The van der Waals surface area contributed by atoms with Gasteiger partial charge in [0.05, 0.1) is 19.1 Å². The molecule has 0 saturated heterocycles. The maximum Gasteiger partial charge on any atom is 0.229 e. The summed E-state index contributed by atoms with van der Waals surface area (Å²) in [6.45, 7) is 4.99. The molecule has 0 bridgehead atoms. The summed E-state index contributed by atoms with van der Waals surface area (Å²) in [7, 11) is 0. The number of carbonyl (C=O) groups excluding carboxylic acids is 1. The first kappa shape index (κ1) is 18.7. The number of imidazole rings is 1. The number of anilines is 1. The van der Waals surface area contributed by atoms with Crippen LogP contribution in [0.3, 0.4) is 0 Å². The fourth-order valence-corrected chi connectivity index (χ4v) is 4.20. The van der Waals surface area contributed by atoms with Crippen molar-refractivity contribution >= 4 is 34.6 Å². The minimum Gasteiger partial charge on any atom is -0.378 e. The Hall–Kier alpha value is -1.66. The van der Waals surface area contributed by atoms with Gasteiger partial charge in [-0.2, -0.15) is 0 Å². The van der Waals surface area contributed by atoms with Crippen molar-refractivity contribution in [3.05, 3.63) is 17.3 Å². The van der Waals surface area contributed by atoms with Gasteiger partial charge in [0, 0.05) is 6.04 Å². The standard InChI is InChI=1S/C20H27ClN4O2/c1-12-10-15(11-13(12)2)27-9-8-18(26)24-20-22-16-6-7-17(21)23-19(16)25(20)14-4-3-5-14/h6-7,12-15H,3-5,8-11H2,1-2H3,(H,22,24,26)/t12-,13+,15-. The topological polar surface area (TPSA) is 69.0 Å². The molecule has 2 heterocycles. The van der Waals surface area contributed by atoms with E-state index in [2.05, 4.69) is 29.1 Å². The second kappa shape index (κ2) is 7.76. The van der Waals surface area contributed by atoms with Crippen molar-refractivity contribution in [1.29, 1.82) is 0 Å². The highest BCUT2D eigenvalue weighted by Crippen LogP contribution is 2.37. The molecule has 2 aliphatic carbocycles. The summed E-state index contributed by atoms with van der Waals surface area (Å²) in [5.41, 5.74) is 1.50. The number of aromatic nitrogens is 3. The summed E-state index contributed by atoms with van der Waals surface area (Å²) in [6.07, 6.45) is 6.13. The molecule has 27 heavy (non-hydrogen) atoms. The van der Waals surface area contributed by atoms with Gasteiger partial charge in [-0.25, -0.2) is 9.97 Å². The van der Waals surface area contributed by atoms with E-state index >= 15 is 0 Å². The van der Waals surface area contributed by atoms with Crippen molar-refractivity contribution in [2.75, 3.05) is 11.9 Å². The van der Waals surface area contributed by atoms with Crippen LogP contribution < -0.4 is 5.32 Å². The molecule has 146 valence electrons. The molecule has 0 aromatic carbocycles. The van der Waals surface area contributed by atoms with Crippen LogP contribution in [0.2, 0.25) is 5.15 Å². The zero-order valence-electron chi connectivity index (χ0n) is 15.9. The Balaban J connectivity index is 1.40. The van der Waals surface area contributed by atoms with E-state index < -0.39 is 0 Å². The highest BCUT2D eigenvalue weighted by Gasteiger charge is 2.29. The highest BCUT2D eigenvalue weighted by molar-refractivity contribution is 6.29. The van der Waals surface area contributed by atoms with Gasteiger partial charge in [0.25, 0.3) is 0 Å². The molecule has 2 aliphatic rings. The number of carbonyl (C=O) groups is 1. The maximum absolute atomic E-state index is 12.4. The summed E-state index contributed by atoms with van der Waals surface area (Å²) in [5.74, 6) is 1.89. The number of ether oxygens (including phenoxy) is 1. The van der Waals surface area contributed by atoms with Crippen molar-refractivity contribution < 1.29 is 9.53 Å². The van der Waals surface area contributed by atoms with E-state index in [0.29, 0.717) is 42.0 Å². The first-order valence-electron chi connectivity index (χ1n) is 9.97. The Morgan fingerprint density at radius 2 is 2.00 bits per heavy atom. The third-order valence-electron chi connectivity index (χ3n) is 6.12. The van der Waals surface area contributed by atoms with Crippen molar-refractivity contribution in [3.8, 4) is 0 Å². The van der Waals surface area contributed by atoms with E-state index in [1.54, 1.807) is 6.07 Å². The minimum absolute atomic E-state index is 0.0731. The molecule has 1 N–H and O–H groups in total. The first-order valence-corrected chi connectivity index (χ1v) is 10.3.